The summed E-state index contributed by atoms with van der Waals surface area (Å²) in [5.74, 6) is 0.634. The first kappa shape index (κ1) is 16.4. The Bertz CT molecular complexity index is 416. The molecule has 1 amide bonds. The summed E-state index contributed by atoms with van der Waals surface area (Å²) in [6.45, 7) is 5.43. The third-order valence-corrected chi connectivity index (χ3v) is 3.35. The molecule has 0 saturated carbocycles. The number of pyridine rings is 1. The summed E-state index contributed by atoms with van der Waals surface area (Å²) in [6, 6.07) is 3.68. The molecule has 0 saturated heterocycles. The third-order valence-electron chi connectivity index (χ3n) is 3.35. The number of aromatic nitrogens is 1. The van der Waals surface area contributed by atoms with Crippen LogP contribution in [0.15, 0.2) is 18.3 Å². The lowest BCUT2D eigenvalue weighted by Gasteiger charge is -2.23. The minimum absolute atomic E-state index is 0.0610. The van der Waals surface area contributed by atoms with E-state index in [9.17, 15) is 4.79 Å². The highest BCUT2D eigenvalue weighted by molar-refractivity contribution is 5.75. The minimum atomic E-state index is 0.0610. The standard InChI is InChI=1S/C15H25N3O2/c1-15(2,8-9-16)7-6-13(19)17-10-12-4-5-14(20-3)18-11-12/h4-5,11H,6-10,16H2,1-3H3,(H,17,19). The number of methoxy groups -OCH3 is 1. The first-order valence-electron chi connectivity index (χ1n) is 6.92. The molecule has 0 bridgehead atoms. The number of nitrogens with two attached hydrogens (primary N) is 1. The van der Waals surface area contributed by atoms with E-state index >= 15 is 0 Å². The largest absolute Gasteiger partial charge is 0.481 e. The number of ether oxygens (including phenoxy) is 1. The van der Waals surface area contributed by atoms with Crippen molar-refractivity contribution in [3.05, 3.63) is 23.9 Å². The highest BCUT2D eigenvalue weighted by Crippen LogP contribution is 2.25. The van der Waals surface area contributed by atoms with Gasteiger partial charge in [-0.15, -0.1) is 0 Å². The molecule has 1 aromatic heterocycles. The van der Waals surface area contributed by atoms with Crippen molar-refractivity contribution in [2.45, 2.75) is 39.7 Å². The van der Waals surface area contributed by atoms with Crippen molar-refractivity contribution in [3.63, 3.8) is 0 Å². The fourth-order valence-electron chi connectivity index (χ4n) is 1.89. The number of nitrogens with one attached hydrogen (secondary N) is 1. The lowest BCUT2D eigenvalue weighted by molar-refractivity contribution is -0.121. The van der Waals surface area contributed by atoms with Gasteiger partial charge in [-0.3, -0.25) is 4.79 Å². The first-order valence-corrected chi connectivity index (χ1v) is 6.92. The van der Waals surface area contributed by atoms with Gasteiger partial charge in [-0.25, -0.2) is 4.98 Å². The Labute approximate surface area is 120 Å². The summed E-state index contributed by atoms with van der Waals surface area (Å²) < 4.78 is 4.99. The Hall–Kier alpha value is -1.62. The Balaban J connectivity index is 2.32. The second-order valence-corrected chi connectivity index (χ2v) is 5.69. The Morgan fingerprint density at radius 1 is 1.40 bits per heavy atom. The highest BCUT2D eigenvalue weighted by Gasteiger charge is 2.18. The molecule has 0 aromatic carbocycles. The average molecular weight is 279 g/mol. The SMILES string of the molecule is COc1ccc(CNC(=O)CCC(C)(C)CCN)cn1. The van der Waals surface area contributed by atoms with E-state index in [-0.39, 0.29) is 11.3 Å². The molecule has 112 valence electrons. The molecule has 3 N–H and O–H groups in total. The normalized spacial score (nSPS) is 11.2. The summed E-state index contributed by atoms with van der Waals surface area (Å²) in [4.78, 5) is 15.9. The summed E-state index contributed by atoms with van der Waals surface area (Å²) in [6.07, 6.45) is 4.01. The van der Waals surface area contributed by atoms with Gasteiger partial charge in [-0.05, 0) is 30.4 Å². The topological polar surface area (TPSA) is 77.2 Å². The maximum Gasteiger partial charge on any atom is 0.220 e. The smallest absolute Gasteiger partial charge is 0.220 e. The van der Waals surface area contributed by atoms with Gasteiger partial charge in [0.1, 0.15) is 0 Å². The fourth-order valence-corrected chi connectivity index (χ4v) is 1.89. The van der Waals surface area contributed by atoms with Crippen LogP contribution in [0.2, 0.25) is 0 Å². The number of nitrogens with zero attached hydrogens (tertiary/aromatic N) is 1. The van der Waals surface area contributed by atoms with Gasteiger partial charge in [-0.2, -0.15) is 0 Å². The Morgan fingerprint density at radius 3 is 2.70 bits per heavy atom. The van der Waals surface area contributed by atoms with E-state index in [1.165, 1.54) is 0 Å². The molecule has 0 unspecified atom stereocenters. The molecule has 0 fully saturated rings. The minimum Gasteiger partial charge on any atom is -0.481 e. The van der Waals surface area contributed by atoms with Crippen molar-refractivity contribution >= 4 is 5.91 Å². The molecular formula is C15H25N3O2. The van der Waals surface area contributed by atoms with E-state index in [4.69, 9.17) is 10.5 Å². The van der Waals surface area contributed by atoms with E-state index in [1.54, 1.807) is 19.4 Å². The molecule has 0 atom stereocenters. The molecule has 0 aliphatic rings. The molecule has 5 heteroatoms. The Kier molecular flexibility index (Phi) is 6.45. The fraction of sp³-hybridized carbons (Fsp3) is 0.600. The van der Waals surface area contributed by atoms with Crippen LogP contribution in [0.25, 0.3) is 0 Å². The number of amides is 1. The summed E-state index contributed by atoms with van der Waals surface area (Å²) in [5, 5.41) is 2.90. The molecule has 1 aromatic rings. The number of carbonyl (C=O) groups excluding carboxylic acids is 1. The summed E-state index contributed by atoms with van der Waals surface area (Å²) in [7, 11) is 1.58. The quantitative estimate of drug-likeness (QED) is 0.761. The first-order chi connectivity index (χ1) is 9.46. The van der Waals surface area contributed by atoms with Crippen molar-refractivity contribution in [1.82, 2.24) is 10.3 Å². The zero-order valence-electron chi connectivity index (χ0n) is 12.6. The van der Waals surface area contributed by atoms with Crippen LogP contribution in [0.1, 0.15) is 38.7 Å². The molecule has 0 spiro atoms. The van der Waals surface area contributed by atoms with Gasteiger partial charge in [0.25, 0.3) is 0 Å². The van der Waals surface area contributed by atoms with Crippen LogP contribution in [0.3, 0.4) is 0 Å². The van der Waals surface area contributed by atoms with Crippen LogP contribution >= 0.6 is 0 Å². The van der Waals surface area contributed by atoms with Crippen LogP contribution in [-0.4, -0.2) is 24.5 Å². The number of hydrogen-bond acceptors (Lipinski definition) is 4. The Morgan fingerprint density at radius 2 is 2.15 bits per heavy atom. The van der Waals surface area contributed by atoms with Gasteiger partial charge in [0, 0.05) is 25.2 Å². The van der Waals surface area contributed by atoms with Gasteiger partial charge in [0.2, 0.25) is 11.8 Å². The van der Waals surface area contributed by atoms with Crippen molar-refractivity contribution in [2.24, 2.45) is 11.1 Å². The predicted molar refractivity (Wildman–Crippen MR) is 79.3 cm³/mol. The molecule has 0 aliphatic carbocycles. The van der Waals surface area contributed by atoms with E-state index in [0.717, 1.165) is 18.4 Å². The van der Waals surface area contributed by atoms with Gasteiger partial charge in [0.15, 0.2) is 0 Å². The third kappa shape index (κ3) is 6.02. The average Bonchev–Trinajstić information content (AvgIpc) is 2.43. The molecule has 0 aliphatic heterocycles. The van der Waals surface area contributed by atoms with Gasteiger partial charge >= 0.3 is 0 Å². The number of rotatable bonds is 8. The highest BCUT2D eigenvalue weighted by atomic mass is 16.5. The second-order valence-electron chi connectivity index (χ2n) is 5.69. The zero-order valence-corrected chi connectivity index (χ0v) is 12.6. The maximum atomic E-state index is 11.8. The molecule has 5 nitrogen and oxygen atoms in total. The van der Waals surface area contributed by atoms with E-state index in [1.807, 2.05) is 6.07 Å². The molecule has 1 rings (SSSR count). The van der Waals surface area contributed by atoms with Crippen LogP contribution < -0.4 is 15.8 Å². The van der Waals surface area contributed by atoms with Crippen LogP contribution in [0.4, 0.5) is 0 Å². The van der Waals surface area contributed by atoms with Crippen LogP contribution in [0.5, 0.6) is 5.88 Å². The van der Waals surface area contributed by atoms with Crippen molar-refractivity contribution < 1.29 is 9.53 Å². The number of carbonyl (C=O) groups is 1. The van der Waals surface area contributed by atoms with Crippen molar-refractivity contribution in [3.8, 4) is 5.88 Å². The second kappa shape index (κ2) is 7.85. The van der Waals surface area contributed by atoms with Gasteiger partial charge < -0.3 is 15.8 Å². The van der Waals surface area contributed by atoms with Crippen LogP contribution in [0, 0.1) is 5.41 Å². The predicted octanol–water partition coefficient (Wildman–Crippen LogP) is 1.86. The van der Waals surface area contributed by atoms with E-state index < -0.39 is 0 Å². The lowest BCUT2D eigenvalue weighted by atomic mass is 9.84. The maximum absolute atomic E-state index is 11.8. The summed E-state index contributed by atoms with van der Waals surface area (Å²) in [5.41, 5.74) is 6.64. The van der Waals surface area contributed by atoms with Gasteiger partial charge in [0.05, 0.1) is 7.11 Å². The number of hydrogen-bond donors (Lipinski definition) is 2. The molecule has 20 heavy (non-hydrogen) atoms. The summed E-state index contributed by atoms with van der Waals surface area (Å²) >= 11 is 0. The molecule has 0 radical (unpaired) electrons. The van der Waals surface area contributed by atoms with Crippen molar-refractivity contribution in [2.75, 3.05) is 13.7 Å². The molecular weight excluding hydrogens is 254 g/mol. The van der Waals surface area contributed by atoms with Crippen molar-refractivity contribution in [1.29, 1.82) is 0 Å². The monoisotopic (exact) mass is 279 g/mol. The van der Waals surface area contributed by atoms with Crippen LogP contribution in [-0.2, 0) is 11.3 Å². The molecule has 1 heterocycles. The van der Waals surface area contributed by atoms with Gasteiger partial charge in [-0.1, -0.05) is 19.9 Å². The van der Waals surface area contributed by atoms with E-state index in [2.05, 4.69) is 24.1 Å². The lowest BCUT2D eigenvalue weighted by Crippen LogP contribution is -2.25. The zero-order chi connectivity index (χ0) is 15.0. The van der Waals surface area contributed by atoms with E-state index in [0.29, 0.717) is 25.4 Å².